The first kappa shape index (κ1) is 14.7. The number of allylic oxidation sites excluding steroid dienone is 2. The molecule has 2 rings (SSSR count). The Balaban J connectivity index is 2.16. The van der Waals surface area contributed by atoms with Crippen molar-refractivity contribution in [1.82, 2.24) is 0 Å². The number of carbonyl (C=O) groups excluding carboxylic acids is 1. The van der Waals surface area contributed by atoms with Gasteiger partial charge in [-0.3, -0.25) is 9.59 Å². The second-order valence-corrected chi connectivity index (χ2v) is 4.79. The maximum atomic E-state index is 13.7. The molecular weight excluding hydrogens is 275 g/mol. The minimum Gasteiger partial charge on any atom is -0.481 e. The maximum absolute atomic E-state index is 13.7. The number of benzene rings is 1. The predicted octanol–water partition coefficient (Wildman–Crippen LogP) is 2.30. The molecule has 0 aromatic heterocycles. The second-order valence-electron chi connectivity index (χ2n) is 4.79. The number of carboxylic acid groups (broad SMARTS) is 1. The van der Waals surface area contributed by atoms with Crippen LogP contribution in [-0.4, -0.2) is 17.0 Å². The van der Waals surface area contributed by atoms with Crippen molar-refractivity contribution in [3.05, 3.63) is 41.7 Å². The molecule has 108 valence electrons. The summed E-state index contributed by atoms with van der Waals surface area (Å²) in [6.07, 6.45) is 4.06. The van der Waals surface area contributed by atoms with E-state index in [1.165, 1.54) is 12.1 Å². The average molecular weight is 288 g/mol. The van der Waals surface area contributed by atoms with E-state index in [0.29, 0.717) is 6.42 Å². The number of rotatable bonds is 3. The largest absolute Gasteiger partial charge is 0.481 e. The molecule has 0 radical (unpaired) electrons. The van der Waals surface area contributed by atoms with Crippen LogP contribution in [0.3, 0.4) is 0 Å². The van der Waals surface area contributed by atoms with E-state index in [1.807, 2.05) is 0 Å². The van der Waals surface area contributed by atoms with E-state index in [9.17, 15) is 14.0 Å². The third kappa shape index (κ3) is 3.26. The molecule has 0 unspecified atom stereocenters. The van der Waals surface area contributed by atoms with Crippen LogP contribution in [0, 0.1) is 29.0 Å². The van der Waals surface area contributed by atoms with Gasteiger partial charge in [-0.25, -0.2) is 4.39 Å². The molecule has 6 heteroatoms. The number of halogens is 1. The van der Waals surface area contributed by atoms with Crippen molar-refractivity contribution in [3.63, 3.8) is 0 Å². The van der Waals surface area contributed by atoms with Gasteiger partial charge in [0.05, 0.1) is 29.2 Å². The first-order chi connectivity index (χ1) is 10.0. The summed E-state index contributed by atoms with van der Waals surface area (Å²) in [5.74, 6) is -3.84. The lowest BCUT2D eigenvalue weighted by molar-refractivity contribution is -0.146. The van der Waals surface area contributed by atoms with E-state index in [2.05, 4.69) is 5.32 Å². The summed E-state index contributed by atoms with van der Waals surface area (Å²) in [5, 5.41) is 20.2. The van der Waals surface area contributed by atoms with Crippen molar-refractivity contribution in [2.75, 3.05) is 5.32 Å². The molecule has 0 spiro atoms. The Labute approximate surface area is 120 Å². The zero-order chi connectivity index (χ0) is 15.4. The van der Waals surface area contributed by atoms with E-state index in [4.69, 9.17) is 10.4 Å². The lowest BCUT2D eigenvalue weighted by atomic mass is 9.82. The van der Waals surface area contributed by atoms with Gasteiger partial charge in [0.1, 0.15) is 5.82 Å². The van der Waals surface area contributed by atoms with Crippen LogP contribution in [0.5, 0.6) is 0 Å². The molecule has 1 aromatic carbocycles. The number of anilines is 1. The Morgan fingerprint density at radius 1 is 1.29 bits per heavy atom. The van der Waals surface area contributed by atoms with E-state index < -0.39 is 29.5 Å². The number of carboxylic acids is 1. The SMILES string of the molecule is N#Cc1ccc(NC(=O)[C@@H]2CC=CC[C@@H]2C(=O)O)c(F)c1. The normalized spacial score (nSPS) is 20.6. The quantitative estimate of drug-likeness (QED) is 0.835. The molecule has 2 atom stereocenters. The standard InChI is InChI=1S/C15H13FN2O3/c16-12-7-9(8-17)5-6-13(12)18-14(19)10-3-1-2-4-11(10)15(20)21/h1-2,5-7,10-11H,3-4H2,(H,18,19)(H,20,21)/t10-,11+/m1/s1. The molecule has 0 bridgehead atoms. The highest BCUT2D eigenvalue weighted by Gasteiger charge is 2.34. The summed E-state index contributed by atoms with van der Waals surface area (Å²) in [6, 6.07) is 5.49. The monoisotopic (exact) mass is 288 g/mol. The number of hydrogen-bond acceptors (Lipinski definition) is 3. The van der Waals surface area contributed by atoms with E-state index in [-0.39, 0.29) is 17.7 Å². The molecule has 1 aliphatic rings. The third-order valence-corrected chi connectivity index (χ3v) is 3.44. The number of carbonyl (C=O) groups is 2. The molecular formula is C15H13FN2O3. The molecule has 0 saturated heterocycles. The number of nitriles is 1. The zero-order valence-electron chi connectivity index (χ0n) is 11.0. The number of aliphatic carboxylic acids is 1. The van der Waals surface area contributed by atoms with Crippen molar-refractivity contribution in [2.24, 2.45) is 11.8 Å². The molecule has 21 heavy (non-hydrogen) atoms. The Morgan fingerprint density at radius 3 is 2.52 bits per heavy atom. The van der Waals surface area contributed by atoms with Crippen LogP contribution in [0.25, 0.3) is 0 Å². The van der Waals surface area contributed by atoms with Crippen molar-refractivity contribution in [1.29, 1.82) is 5.26 Å². The van der Waals surface area contributed by atoms with E-state index in [0.717, 1.165) is 6.07 Å². The molecule has 0 saturated carbocycles. The van der Waals surface area contributed by atoms with Crippen LogP contribution in [-0.2, 0) is 9.59 Å². The van der Waals surface area contributed by atoms with Gasteiger partial charge < -0.3 is 10.4 Å². The summed E-state index contributed by atoms with van der Waals surface area (Å²) in [7, 11) is 0. The van der Waals surface area contributed by atoms with Crippen molar-refractivity contribution < 1.29 is 19.1 Å². The molecule has 0 heterocycles. The van der Waals surface area contributed by atoms with Crippen LogP contribution in [0.15, 0.2) is 30.4 Å². The highest BCUT2D eigenvalue weighted by Crippen LogP contribution is 2.27. The third-order valence-electron chi connectivity index (χ3n) is 3.44. The lowest BCUT2D eigenvalue weighted by Crippen LogP contribution is -2.34. The van der Waals surface area contributed by atoms with Crippen LogP contribution in [0.1, 0.15) is 18.4 Å². The molecule has 0 fully saturated rings. The minimum absolute atomic E-state index is 0.0577. The fraction of sp³-hybridized carbons (Fsp3) is 0.267. The number of nitrogens with one attached hydrogen (secondary N) is 1. The number of nitrogens with zero attached hydrogens (tertiary/aromatic N) is 1. The summed E-state index contributed by atoms with van der Waals surface area (Å²) in [4.78, 5) is 23.3. The van der Waals surface area contributed by atoms with Gasteiger partial charge in [0.25, 0.3) is 0 Å². The molecule has 1 amide bonds. The highest BCUT2D eigenvalue weighted by atomic mass is 19.1. The van der Waals surface area contributed by atoms with Gasteiger partial charge in [-0.05, 0) is 31.0 Å². The van der Waals surface area contributed by atoms with Gasteiger partial charge >= 0.3 is 5.97 Å². The number of amides is 1. The molecule has 5 nitrogen and oxygen atoms in total. The number of hydrogen-bond donors (Lipinski definition) is 2. The van der Waals surface area contributed by atoms with Gasteiger partial charge in [-0.15, -0.1) is 0 Å². The van der Waals surface area contributed by atoms with Crippen molar-refractivity contribution in [3.8, 4) is 6.07 Å². The highest BCUT2D eigenvalue weighted by molar-refractivity contribution is 5.95. The Hall–Kier alpha value is -2.68. The van der Waals surface area contributed by atoms with Gasteiger partial charge in [0, 0.05) is 0 Å². The molecule has 1 aromatic rings. The van der Waals surface area contributed by atoms with Crippen LogP contribution < -0.4 is 5.32 Å². The first-order valence-electron chi connectivity index (χ1n) is 6.41. The van der Waals surface area contributed by atoms with Gasteiger partial charge in [-0.2, -0.15) is 5.26 Å². The van der Waals surface area contributed by atoms with E-state index in [1.54, 1.807) is 18.2 Å². The second kappa shape index (κ2) is 6.18. The molecule has 0 aliphatic heterocycles. The van der Waals surface area contributed by atoms with Crippen LogP contribution in [0.2, 0.25) is 0 Å². The van der Waals surface area contributed by atoms with Crippen LogP contribution >= 0.6 is 0 Å². The molecule has 2 N–H and O–H groups in total. The summed E-state index contributed by atoms with van der Waals surface area (Å²) in [6.45, 7) is 0. The summed E-state index contributed by atoms with van der Waals surface area (Å²) in [5.41, 5.74) is 0.0900. The van der Waals surface area contributed by atoms with Crippen LogP contribution in [0.4, 0.5) is 10.1 Å². The fourth-order valence-electron chi connectivity index (χ4n) is 2.29. The van der Waals surface area contributed by atoms with E-state index >= 15 is 0 Å². The Bertz CT molecular complexity index is 649. The Kier molecular flexibility index (Phi) is 4.33. The minimum atomic E-state index is -1.04. The van der Waals surface area contributed by atoms with Gasteiger partial charge in [-0.1, -0.05) is 12.2 Å². The predicted molar refractivity (Wildman–Crippen MR) is 72.7 cm³/mol. The zero-order valence-corrected chi connectivity index (χ0v) is 11.0. The maximum Gasteiger partial charge on any atom is 0.307 e. The fourth-order valence-corrected chi connectivity index (χ4v) is 2.29. The topological polar surface area (TPSA) is 90.2 Å². The summed E-state index contributed by atoms with van der Waals surface area (Å²) >= 11 is 0. The van der Waals surface area contributed by atoms with Gasteiger partial charge in [0.15, 0.2) is 0 Å². The first-order valence-corrected chi connectivity index (χ1v) is 6.41. The summed E-state index contributed by atoms with van der Waals surface area (Å²) < 4.78 is 13.7. The average Bonchev–Trinajstić information content (AvgIpc) is 2.49. The van der Waals surface area contributed by atoms with Crippen molar-refractivity contribution >= 4 is 17.6 Å². The van der Waals surface area contributed by atoms with Gasteiger partial charge in [0.2, 0.25) is 5.91 Å². The lowest BCUT2D eigenvalue weighted by Gasteiger charge is -2.24. The molecule has 1 aliphatic carbocycles. The Morgan fingerprint density at radius 2 is 1.95 bits per heavy atom. The smallest absolute Gasteiger partial charge is 0.307 e. The van der Waals surface area contributed by atoms with Crippen molar-refractivity contribution in [2.45, 2.75) is 12.8 Å².